The summed E-state index contributed by atoms with van der Waals surface area (Å²) in [6, 6.07) is 10.3. The number of hydrogen-bond acceptors (Lipinski definition) is 5. The Morgan fingerprint density at radius 2 is 1.84 bits per heavy atom. The van der Waals surface area contributed by atoms with Gasteiger partial charge >= 0.3 is 5.97 Å². The molecule has 132 valence electrons. The minimum absolute atomic E-state index is 0.189. The topological polar surface area (TPSA) is 77.0 Å². The van der Waals surface area contributed by atoms with Crippen molar-refractivity contribution in [1.29, 1.82) is 0 Å². The minimum atomic E-state index is -0.990. The lowest BCUT2D eigenvalue weighted by atomic mass is 10.1. The maximum absolute atomic E-state index is 11.1. The van der Waals surface area contributed by atoms with Gasteiger partial charge in [-0.05, 0) is 35.9 Å². The first-order valence-electron chi connectivity index (χ1n) is 7.64. The van der Waals surface area contributed by atoms with Gasteiger partial charge in [0.25, 0.3) is 0 Å². The molecule has 2 aromatic carbocycles. The molecule has 0 aliphatic carbocycles. The zero-order chi connectivity index (χ0) is 18.2. The molecule has 0 saturated carbocycles. The fourth-order valence-electron chi connectivity index (χ4n) is 2.27. The number of hydrogen-bond donors (Lipinski definition) is 2. The van der Waals surface area contributed by atoms with E-state index in [0.29, 0.717) is 36.1 Å². The first kappa shape index (κ1) is 18.2. The van der Waals surface area contributed by atoms with Crippen molar-refractivity contribution in [1.82, 2.24) is 0 Å². The standard InChI is InChI=1S/C19H21NO5/c1-4-9-25-17-7-5-13(10-18(17)24-3)12-20-15-11-14(19(21)22)6-8-16(15)23-2/h4-8,10-11,20H,1,9,12H2,2-3H3,(H,21,22). The lowest BCUT2D eigenvalue weighted by Crippen LogP contribution is -2.05. The number of methoxy groups -OCH3 is 2. The van der Waals surface area contributed by atoms with Crippen LogP contribution >= 0.6 is 0 Å². The van der Waals surface area contributed by atoms with E-state index in [1.54, 1.807) is 25.3 Å². The van der Waals surface area contributed by atoms with Crippen LogP contribution < -0.4 is 19.5 Å². The number of benzene rings is 2. The number of rotatable bonds is 9. The van der Waals surface area contributed by atoms with Gasteiger partial charge in [-0.1, -0.05) is 18.7 Å². The molecule has 0 aliphatic heterocycles. The highest BCUT2D eigenvalue weighted by molar-refractivity contribution is 5.89. The number of nitrogens with one attached hydrogen (secondary N) is 1. The normalized spacial score (nSPS) is 10.0. The quantitative estimate of drug-likeness (QED) is 0.678. The number of carboxylic acid groups (broad SMARTS) is 1. The lowest BCUT2D eigenvalue weighted by Gasteiger charge is -2.14. The molecule has 0 atom stereocenters. The Morgan fingerprint density at radius 3 is 2.48 bits per heavy atom. The lowest BCUT2D eigenvalue weighted by molar-refractivity contribution is 0.0697. The molecular weight excluding hydrogens is 322 g/mol. The molecule has 0 unspecified atom stereocenters. The van der Waals surface area contributed by atoms with E-state index in [1.165, 1.54) is 13.2 Å². The monoisotopic (exact) mass is 343 g/mol. The predicted molar refractivity (Wildman–Crippen MR) is 96.0 cm³/mol. The molecule has 0 heterocycles. The van der Waals surface area contributed by atoms with E-state index in [-0.39, 0.29) is 5.56 Å². The van der Waals surface area contributed by atoms with E-state index < -0.39 is 5.97 Å². The maximum Gasteiger partial charge on any atom is 0.335 e. The van der Waals surface area contributed by atoms with Crippen molar-refractivity contribution in [2.75, 3.05) is 26.1 Å². The van der Waals surface area contributed by atoms with E-state index in [0.717, 1.165) is 5.56 Å². The van der Waals surface area contributed by atoms with Gasteiger partial charge in [-0.2, -0.15) is 0 Å². The van der Waals surface area contributed by atoms with Crippen LogP contribution in [-0.4, -0.2) is 31.9 Å². The maximum atomic E-state index is 11.1. The van der Waals surface area contributed by atoms with Crippen molar-refractivity contribution in [2.24, 2.45) is 0 Å². The van der Waals surface area contributed by atoms with Gasteiger partial charge in [0.05, 0.1) is 25.5 Å². The highest BCUT2D eigenvalue weighted by atomic mass is 16.5. The summed E-state index contributed by atoms with van der Waals surface area (Å²) < 4.78 is 16.1. The third kappa shape index (κ3) is 4.67. The number of carbonyl (C=O) groups is 1. The number of ether oxygens (including phenoxy) is 3. The second-order valence-corrected chi connectivity index (χ2v) is 5.16. The largest absolute Gasteiger partial charge is 0.495 e. The summed E-state index contributed by atoms with van der Waals surface area (Å²) in [7, 11) is 3.11. The van der Waals surface area contributed by atoms with E-state index in [4.69, 9.17) is 19.3 Å². The van der Waals surface area contributed by atoms with Crippen molar-refractivity contribution in [2.45, 2.75) is 6.54 Å². The van der Waals surface area contributed by atoms with Crippen LogP contribution in [-0.2, 0) is 6.54 Å². The fraction of sp³-hybridized carbons (Fsp3) is 0.211. The summed E-state index contributed by atoms with van der Waals surface area (Å²) >= 11 is 0. The predicted octanol–water partition coefficient (Wildman–Crippen LogP) is 3.58. The molecule has 0 fully saturated rings. The van der Waals surface area contributed by atoms with E-state index in [9.17, 15) is 4.79 Å². The van der Waals surface area contributed by atoms with E-state index in [1.807, 2.05) is 18.2 Å². The van der Waals surface area contributed by atoms with Crippen molar-refractivity contribution in [3.63, 3.8) is 0 Å². The molecule has 0 amide bonds. The van der Waals surface area contributed by atoms with Crippen LogP contribution in [0.25, 0.3) is 0 Å². The van der Waals surface area contributed by atoms with E-state index in [2.05, 4.69) is 11.9 Å². The SMILES string of the molecule is C=CCOc1ccc(CNc2cc(C(=O)O)ccc2OC)cc1OC. The average Bonchev–Trinajstić information content (AvgIpc) is 2.64. The zero-order valence-electron chi connectivity index (χ0n) is 14.2. The molecule has 0 radical (unpaired) electrons. The highest BCUT2D eigenvalue weighted by Gasteiger charge is 2.10. The third-order valence-electron chi connectivity index (χ3n) is 3.51. The molecular formula is C19H21NO5. The smallest absolute Gasteiger partial charge is 0.335 e. The van der Waals surface area contributed by atoms with Crippen LogP contribution in [0.4, 0.5) is 5.69 Å². The first-order valence-corrected chi connectivity index (χ1v) is 7.64. The van der Waals surface area contributed by atoms with Crippen molar-refractivity contribution in [3.05, 3.63) is 60.2 Å². The molecule has 6 heteroatoms. The Morgan fingerprint density at radius 1 is 1.12 bits per heavy atom. The Labute approximate surface area is 146 Å². The summed E-state index contributed by atoms with van der Waals surface area (Å²) in [5.41, 5.74) is 1.74. The van der Waals surface area contributed by atoms with Gasteiger partial charge in [-0.3, -0.25) is 0 Å². The van der Waals surface area contributed by atoms with Gasteiger partial charge in [0.15, 0.2) is 11.5 Å². The molecule has 0 saturated heterocycles. The number of carboxylic acids is 1. The van der Waals surface area contributed by atoms with E-state index >= 15 is 0 Å². The van der Waals surface area contributed by atoms with Gasteiger partial charge in [0.2, 0.25) is 0 Å². The molecule has 25 heavy (non-hydrogen) atoms. The molecule has 2 N–H and O–H groups in total. The summed E-state index contributed by atoms with van der Waals surface area (Å²) in [6.07, 6.45) is 1.66. The van der Waals surface area contributed by atoms with Gasteiger partial charge in [-0.25, -0.2) is 4.79 Å². The van der Waals surface area contributed by atoms with Crippen LogP contribution in [0.2, 0.25) is 0 Å². The second kappa shape index (κ2) is 8.63. The van der Waals surface area contributed by atoms with Gasteiger partial charge in [0.1, 0.15) is 12.4 Å². The summed E-state index contributed by atoms with van der Waals surface area (Å²) in [4.78, 5) is 11.1. The molecule has 0 aliphatic rings. The first-order chi connectivity index (χ1) is 12.1. The number of aromatic carboxylic acids is 1. The van der Waals surface area contributed by atoms with Crippen LogP contribution in [0, 0.1) is 0 Å². The van der Waals surface area contributed by atoms with Gasteiger partial charge in [0, 0.05) is 6.54 Å². The fourth-order valence-corrected chi connectivity index (χ4v) is 2.27. The molecule has 6 nitrogen and oxygen atoms in total. The molecule has 0 bridgehead atoms. The Kier molecular flexibility index (Phi) is 6.28. The second-order valence-electron chi connectivity index (χ2n) is 5.16. The summed E-state index contributed by atoms with van der Waals surface area (Å²) in [5.74, 6) is 0.836. The van der Waals surface area contributed by atoms with Crippen LogP contribution in [0.1, 0.15) is 15.9 Å². The Hall–Kier alpha value is -3.15. The number of anilines is 1. The third-order valence-corrected chi connectivity index (χ3v) is 3.51. The van der Waals surface area contributed by atoms with Crippen molar-refractivity contribution < 1.29 is 24.1 Å². The van der Waals surface area contributed by atoms with Gasteiger partial charge < -0.3 is 24.6 Å². The minimum Gasteiger partial charge on any atom is -0.495 e. The molecule has 0 spiro atoms. The van der Waals surface area contributed by atoms with Crippen LogP contribution in [0.5, 0.6) is 17.2 Å². The Balaban J connectivity index is 2.16. The summed E-state index contributed by atoms with van der Waals surface area (Å²) in [6.45, 7) is 4.48. The molecule has 2 rings (SSSR count). The Bertz CT molecular complexity index is 757. The van der Waals surface area contributed by atoms with Crippen molar-refractivity contribution in [3.8, 4) is 17.2 Å². The highest BCUT2D eigenvalue weighted by Crippen LogP contribution is 2.30. The van der Waals surface area contributed by atoms with Crippen LogP contribution in [0.3, 0.4) is 0 Å². The van der Waals surface area contributed by atoms with Crippen molar-refractivity contribution >= 4 is 11.7 Å². The molecule has 0 aromatic heterocycles. The molecule has 2 aromatic rings. The van der Waals surface area contributed by atoms with Crippen LogP contribution in [0.15, 0.2) is 49.1 Å². The average molecular weight is 343 g/mol. The van der Waals surface area contributed by atoms with Gasteiger partial charge in [-0.15, -0.1) is 0 Å². The summed E-state index contributed by atoms with van der Waals surface area (Å²) in [5, 5.41) is 12.3. The zero-order valence-corrected chi connectivity index (χ0v) is 14.2.